The Kier molecular flexibility index (Phi) is 3.46. The van der Waals surface area contributed by atoms with Crippen LogP contribution >= 0.6 is 0 Å². The lowest BCUT2D eigenvalue weighted by Crippen LogP contribution is -2.06. The fourth-order valence-electron chi connectivity index (χ4n) is 2.27. The summed E-state index contributed by atoms with van der Waals surface area (Å²) >= 11 is 0. The van der Waals surface area contributed by atoms with Gasteiger partial charge in [-0.3, -0.25) is 4.98 Å². The summed E-state index contributed by atoms with van der Waals surface area (Å²) in [5.41, 5.74) is 8.97. The monoisotopic (exact) mass is 264 g/mol. The lowest BCUT2D eigenvalue weighted by atomic mass is 10.1. The SMILES string of the molecule is Nc1cc(NCCc2cccc3cccnc23)ccn1. The summed E-state index contributed by atoms with van der Waals surface area (Å²) in [7, 11) is 0. The third kappa shape index (κ3) is 2.69. The molecule has 0 amide bonds. The predicted molar refractivity (Wildman–Crippen MR) is 82.6 cm³/mol. The Morgan fingerprint density at radius 2 is 1.90 bits per heavy atom. The van der Waals surface area contributed by atoms with Crippen molar-refractivity contribution in [3.63, 3.8) is 0 Å². The molecule has 3 N–H and O–H groups in total. The quantitative estimate of drug-likeness (QED) is 0.760. The first-order valence-electron chi connectivity index (χ1n) is 6.61. The van der Waals surface area contributed by atoms with Crippen molar-refractivity contribution in [1.29, 1.82) is 0 Å². The first kappa shape index (κ1) is 12.4. The van der Waals surface area contributed by atoms with E-state index in [2.05, 4.69) is 39.6 Å². The van der Waals surface area contributed by atoms with E-state index in [9.17, 15) is 0 Å². The third-order valence-corrected chi connectivity index (χ3v) is 3.22. The van der Waals surface area contributed by atoms with Gasteiger partial charge in [-0.05, 0) is 24.1 Å². The second kappa shape index (κ2) is 5.57. The molecule has 0 spiro atoms. The average Bonchev–Trinajstić information content (AvgIpc) is 2.48. The molecule has 0 aliphatic heterocycles. The lowest BCUT2D eigenvalue weighted by molar-refractivity contribution is 1.02. The molecule has 0 aliphatic rings. The average molecular weight is 264 g/mol. The normalized spacial score (nSPS) is 10.6. The third-order valence-electron chi connectivity index (χ3n) is 3.22. The van der Waals surface area contributed by atoms with Crippen molar-refractivity contribution in [2.45, 2.75) is 6.42 Å². The Morgan fingerprint density at radius 3 is 2.80 bits per heavy atom. The number of benzene rings is 1. The molecule has 0 saturated carbocycles. The Balaban J connectivity index is 1.71. The highest BCUT2D eigenvalue weighted by Gasteiger charge is 2.01. The Labute approximate surface area is 117 Å². The number of aromatic nitrogens is 2. The number of pyridine rings is 2. The number of hydrogen-bond acceptors (Lipinski definition) is 4. The molecular formula is C16H16N4. The number of nitrogens with zero attached hydrogens (tertiary/aromatic N) is 2. The van der Waals surface area contributed by atoms with Gasteiger partial charge in [0, 0.05) is 36.1 Å². The first-order chi connectivity index (χ1) is 9.83. The molecule has 4 heteroatoms. The van der Waals surface area contributed by atoms with E-state index >= 15 is 0 Å². The zero-order valence-electron chi connectivity index (χ0n) is 11.1. The van der Waals surface area contributed by atoms with Crippen molar-refractivity contribution < 1.29 is 0 Å². The van der Waals surface area contributed by atoms with Gasteiger partial charge in [-0.1, -0.05) is 24.3 Å². The van der Waals surface area contributed by atoms with Gasteiger partial charge in [0.1, 0.15) is 5.82 Å². The van der Waals surface area contributed by atoms with Gasteiger partial charge in [-0.2, -0.15) is 0 Å². The number of nitrogens with two attached hydrogens (primary N) is 1. The van der Waals surface area contributed by atoms with Crippen molar-refractivity contribution >= 4 is 22.4 Å². The van der Waals surface area contributed by atoms with E-state index in [-0.39, 0.29) is 0 Å². The molecule has 0 atom stereocenters. The van der Waals surface area contributed by atoms with Gasteiger partial charge in [0.05, 0.1) is 5.52 Å². The van der Waals surface area contributed by atoms with E-state index < -0.39 is 0 Å². The van der Waals surface area contributed by atoms with Crippen molar-refractivity contribution in [2.24, 2.45) is 0 Å². The summed E-state index contributed by atoms with van der Waals surface area (Å²) in [6.07, 6.45) is 4.45. The minimum absolute atomic E-state index is 0.529. The lowest BCUT2D eigenvalue weighted by Gasteiger charge is -2.08. The molecule has 0 aliphatic carbocycles. The van der Waals surface area contributed by atoms with Crippen molar-refractivity contribution in [2.75, 3.05) is 17.6 Å². The molecule has 0 bridgehead atoms. The largest absolute Gasteiger partial charge is 0.385 e. The predicted octanol–water partition coefficient (Wildman–Crippen LogP) is 2.87. The Hall–Kier alpha value is -2.62. The van der Waals surface area contributed by atoms with Gasteiger partial charge in [0.25, 0.3) is 0 Å². The van der Waals surface area contributed by atoms with Crippen LogP contribution in [0.2, 0.25) is 0 Å². The van der Waals surface area contributed by atoms with E-state index in [1.54, 1.807) is 6.20 Å². The van der Waals surface area contributed by atoms with Crippen LogP contribution < -0.4 is 11.1 Å². The van der Waals surface area contributed by atoms with Gasteiger partial charge in [-0.25, -0.2) is 4.98 Å². The smallest absolute Gasteiger partial charge is 0.125 e. The molecule has 0 fully saturated rings. The van der Waals surface area contributed by atoms with Crippen LogP contribution in [0.1, 0.15) is 5.56 Å². The van der Waals surface area contributed by atoms with Crippen molar-refractivity contribution in [3.8, 4) is 0 Å². The van der Waals surface area contributed by atoms with Gasteiger partial charge in [-0.15, -0.1) is 0 Å². The van der Waals surface area contributed by atoms with Crippen LogP contribution in [-0.2, 0) is 6.42 Å². The standard InChI is InChI=1S/C16H16N4/c17-15-11-14(7-10-19-15)18-9-6-13-4-1-3-12-5-2-8-20-16(12)13/h1-5,7-8,10-11H,6,9H2,(H3,17,18,19). The van der Waals surface area contributed by atoms with Gasteiger partial charge >= 0.3 is 0 Å². The highest BCUT2D eigenvalue weighted by molar-refractivity contribution is 5.81. The number of hydrogen-bond donors (Lipinski definition) is 2. The number of fused-ring (bicyclic) bond motifs is 1. The van der Waals surface area contributed by atoms with Crippen LogP contribution in [-0.4, -0.2) is 16.5 Å². The maximum atomic E-state index is 5.65. The van der Waals surface area contributed by atoms with Crippen LogP contribution in [0.5, 0.6) is 0 Å². The number of para-hydroxylation sites is 1. The van der Waals surface area contributed by atoms with Crippen LogP contribution in [0.4, 0.5) is 11.5 Å². The highest BCUT2D eigenvalue weighted by atomic mass is 14.9. The van der Waals surface area contributed by atoms with E-state index in [0.717, 1.165) is 24.2 Å². The molecule has 2 heterocycles. The molecule has 100 valence electrons. The van der Waals surface area contributed by atoms with Gasteiger partial charge < -0.3 is 11.1 Å². The molecule has 2 aromatic heterocycles. The van der Waals surface area contributed by atoms with E-state index in [1.165, 1.54) is 10.9 Å². The minimum atomic E-state index is 0.529. The van der Waals surface area contributed by atoms with Gasteiger partial charge in [0.2, 0.25) is 0 Å². The number of nitrogen functional groups attached to an aromatic ring is 1. The molecule has 3 aromatic rings. The van der Waals surface area contributed by atoms with Crippen LogP contribution in [0, 0.1) is 0 Å². The first-order valence-corrected chi connectivity index (χ1v) is 6.61. The molecule has 1 aromatic carbocycles. The molecule has 3 rings (SSSR count). The number of rotatable bonds is 4. The van der Waals surface area contributed by atoms with E-state index in [1.807, 2.05) is 24.4 Å². The topological polar surface area (TPSA) is 63.8 Å². The van der Waals surface area contributed by atoms with Crippen LogP contribution in [0.3, 0.4) is 0 Å². The fourth-order valence-corrected chi connectivity index (χ4v) is 2.27. The van der Waals surface area contributed by atoms with Crippen LogP contribution in [0.25, 0.3) is 10.9 Å². The van der Waals surface area contributed by atoms with Crippen molar-refractivity contribution in [1.82, 2.24) is 9.97 Å². The summed E-state index contributed by atoms with van der Waals surface area (Å²) in [5, 5.41) is 4.53. The van der Waals surface area contributed by atoms with Crippen LogP contribution in [0.15, 0.2) is 54.9 Å². The summed E-state index contributed by atoms with van der Waals surface area (Å²) in [6.45, 7) is 0.832. The maximum absolute atomic E-state index is 5.65. The number of anilines is 2. The molecule has 0 saturated heterocycles. The zero-order chi connectivity index (χ0) is 13.8. The second-order valence-corrected chi connectivity index (χ2v) is 4.64. The molecule has 0 unspecified atom stereocenters. The van der Waals surface area contributed by atoms with Crippen molar-refractivity contribution in [3.05, 3.63) is 60.4 Å². The molecule has 4 nitrogen and oxygen atoms in total. The fraction of sp³-hybridized carbons (Fsp3) is 0.125. The highest BCUT2D eigenvalue weighted by Crippen LogP contribution is 2.16. The van der Waals surface area contributed by atoms with E-state index in [4.69, 9.17) is 5.73 Å². The molecule has 20 heavy (non-hydrogen) atoms. The maximum Gasteiger partial charge on any atom is 0.125 e. The molecular weight excluding hydrogens is 248 g/mol. The summed E-state index contributed by atoms with van der Waals surface area (Å²) < 4.78 is 0. The zero-order valence-corrected chi connectivity index (χ0v) is 11.1. The minimum Gasteiger partial charge on any atom is -0.385 e. The molecule has 0 radical (unpaired) electrons. The summed E-state index contributed by atoms with van der Waals surface area (Å²) in [6, 6.07) is 14.1. The van der Waals surface area contributed by atoms with Gasteiger partial charge in [0.15, 0.2) is 0 Å². The number of nitrogens with one attached hydrogen (secondary N) is 1. The Bertz CT molecular complexity index is 719. The second-order valence-electron chi connectivity index (χ2n) is 4.64. The van der Waals surface area contributed by atoms with E-state index in [0.29, 0.717) is 5.82 Å². The summed E-state index contributed by atoms with van der Waals surface area (Å²) in [5.74, 6) is 0.529. The summed E-state index contributed by atoms with van der Waals surface area (Å²) in [4.78, 5) is 8.44. The Morgan fingerprint density at radius 1 is 1.00 bits per heavy atom.